The van der Waals surface area contributed by atoms with Crippen molar-refractivity contribution in [3.63, 3.8) is 0 Å². The number of carbonyl (C=O) groups excluding carboxylic acids is 1. The molecule has 21 heavy (non-hydrogen) atoms. The number of amides is 1. The molecule has 0 atom stereocenters. The first-order valence-electron chi connectivity index (χ1n) is 6.13. The van der Waals surface area contributed by atoms with E-state index in [4.69, 9.17) is 0 Å². The molecule has 0 saturated heterocycles. The standard InChI is InChI=1S/C13H13N5O3/c1-14-11-6-2-5-10(12(11)18(20)21)13(19)15-8-9-4-3-7-16-17-9/h2-7,14H,8H2,1H3,(H,15,19). The van der Waals surface area contributed by atoms with E-state index in [1.165, 1.54) is 18.3 Å². The number of anilines is 1. The molecule has 0 spiro atoms. The predicted molar refractivity (Wildman–Crippen MR) is 75.8 cm³/mol. The summed E-state index contributed by atoms with van der Waals surface area (Å²) in [5, 5.41) is 23.9. The molecule has 0 fully saturated rings. The van der Waals surface area contributed by atoms with Crippen molar-refractivity contribution in [3.8, 4) is 0 Å². The van der Waals surface area contributed by atoms with Crippen molar-refractivity contribution in [2.45, 2.75) is 6.54 Å². The molecule has 0 unspecified atom stereocenters. The average Bonchev–Trinajstić information content (AvgIpc) is 2.52. The molecule has 1 heterocycles. The molecule has 108 valence electrons. The van der Waals surface area contributed by atoms with Crippen molar-refractivity contribution < 1.29 is 9.72 Å². The molecular weight excluding hydrogens is 274 g/mol. The summed E-state index contributed by atoms with van der Waals surface area (Å²) in [7, 11) is 1.56. The van der Waals surface area contributed by atoms with Gasteiger partial charge in [-0.05, 0) is 24.3 Å². The van der Waals surface area contributed by atoms with E-state index in [1.54, 1.807) is 25.2 Å². The second kappa shape index (κ2) is 6.42. The van der Waals surface area contributed by atoms with Crippen LogP contribution in [0.4, 0.5) is 11.4 Å². The van der Waals surface area contributed by atoms with Crippen LogP contribution in [0.25, 0.3) is 0 Å². The van der Waals surface area contributed by atoms with Gasteiger partial charge in [0.05, 0.1) is 17.2 Å². The number of benzene rings is 1. The van der Waals surface area contributed by atoms with E-state index in [9.17, 15) is 14.9 Å². The van der Waals surface area contributed by atoms with Gasteiger partial charge in [-0.2, -0.15) is 10.2 Å². The Morgan fingerprint density at radius 2 is 2.14 bits per heavy atom. The van der Waals surface area contributed by atoms with Crippen molar-refractivity contribution in [2.75, 3.05) is 12.4 Å². The zero-order chi connectivity index (χ0) is 15.2. The molecular formula is C13H13N5O3. The lowest BCUT2D eigenvalue weighted by Crippen LogP contribution is -2.24. The van der Waals surface area contributed by atoms with Gasteiger partial charge in [-0.3, -0.25) is 14.9 Å². The second-order valence-corrected chi connectivity index (χ2v) is 4.11. The maximum atomic E-state index is 12.1. The zero-order valence-electron chi connectivity index (χ0n) is 11.2. The first-order chi connectivity index (χ1) is 10.1. The number of para-hydroxylation sites is 1. The Morgan fingerprint density at radius 1 is 1.33 bits per heavy atom. The fraction of sp³-hybridized carbons (Fsp3) is 0.154. The number of hydrogen-bond donors (Lipinski definition) is 2. The number of carbonyl (C=O) groups is 1. The third kappa shape index (κ3) is 3.30. The lowest BCUT2D eigenvalue weighted by atomic mass is 10.1. The van der Waals surface area contributed by atoms with Crippen LogP contribution in [-0.2, 0) is 6.54 Å². The van der Waals surface area contributed by atoms with Gasteiger partial charge in [-0.25, -0.2) is 0 Å². The molecule has 0 aliphatic rings. The van der Waals surface area contributed by atoms with Gasteiger partial charge in [0.15, 0.2) is 0 Å². The molecule has 8 nitrogen and oxygen atoms in total. The van der Waals surface area contributed by atoms with E-state index in [1.807, 2.05) is 0 Å². The number of nitro benzene ring substituents is 1. The Labute approximate surface area is 120 Å². The number of nitrogens with one attached hydrogen (secondary N) is 2. The first kappa shape index (κ1) is 14.4. The number of nitro groups is 1. The summed E-state index contributed by atoms with van der Waals surface area (Å²) in [4.78, 5) is 22.7. The monoisotopic (exact) mass is 287 g/mol. The summed E-state index contributed by atoms with van der Waals surface area (Å²) in [5.74, 6) is -0.538. The highest BCUT2D eigenvalue weighted by atomic mass is 16.6. The zero-order valence-corrected chi connectivity index (χ0v) is 11.2. The summed E-state index contributed by atoms with van der Waals surface area (Å²) in [6, 6.07) is 7.92. The van der Waals surface area contributed by atoms with Gasteiger partial charge in [0.1, 0.15) is 11.3 Å². The van der Waals surface area contributed by atoms with Crippen LogP contribution in [0.15, 0.2) is 36.5 Å². The number of rotatable bonds is 5. The molecule has 0 bridgehead atoms. The highest BCUT2D eigenvalue weighted by Crippen LogP contribution is 2.28. The van der Waals surface area contributed by atoms with Crippen LogP contribution < -0.4 is 10.6 Å². The molecule has 0 aliphatic carbocycles. The molecule has 1 aromatic carbocycles. The van der Waals surface area contributed by atoms with Crippen LogP contribution in [0.1, 0.15) is 16.1 Å². The van der Waals surface area contributed by atoms with Crippen LogP contribution in [0, 0.1) is 10.1 Å². The number of hydrogen-bond acceptors (Lipinski definition) is 6. The predicted octanol–water partition coefficient (Wildman–Crippen LogP) is 1.36. The van der Waals surface area contributed by atoms with E-state index in [2.05, 4.69) is 20.8 Å². The Hall–Kier alpha value is -3.03. The molecule has 0 aliphatic heterocycles. The Morgan fingerprint density at radius 3 is 2.76 bits per heavy atom. The quantitative estimate of drug-likeness (QED) is 0.634. The summed E-state index contributed by atoms with van der Waals surface area (Å²) < 4.78 is 0. The van der Waals surface area contributed by atoms with E-state index in [0.717, 1.165) is 0 Å². The highest BCUT2D eigenvalue weighted by Gasteiger charge is 2.23. The fourth-order valence-electron chi connectivity index (χ4n) is 1.82. The van der Waals surface area contributed by atoms with E-state index in [-0.39, 0.29) is 23.5 Å². The van der Waals surface area contributed by atoms with Crippen LogP contribution in [0.5, 0.6) is 0 Å². The van der Waals surface area contributed by atoms with Gasteiger partial charge in [0, 0.05) is 13.2 Å². The van der Waals surface area contributed by atoms with Crippen molar-refractivity contribution >= 4 is 17.3 Å². The number of aromatic nitrogens is 2. The van der Waals surface area contributed by atoms with E-state index in [0.29, 0.717) is 5.69 Å². The van der Waals surface area contributed by atoms with Crippen molar-refractivity contribution in [2.24, 2.45) is 0 Å². The molecule has 8 heteroatoms. The average molecular weight is 287 g/mol. The van der Waals surface area contributed by atoms with Crippen LogP contribution in [0.2, 0.25) is 0 Å². The Balaban J connectivity index is 2.21. The van der Waals surface area contributed by atoms with Crippen molar-refractivity contribution in [3.05, 3.63) is 57.9 Å². The molecule has 2 rings (SSSR count). The molecule has 2 aromatic rings. The number of nitrogens with zero attached hydrogens (tertiary/aromatic N) is 3. The summed E-state index contributed by atoms with van der Waals surface area (Å²) in [6.07, 6.45) is 1.52. The third-order valence-corrected chi connectivity index (χ3v) is 2.79. The van der Waals surface area contributed by atoms with Gasteiger partial charge >= 0.3 is 5.69 Å². The van der Waals surface area contributed by atoms with E-state index < -0.39 is 10.8 Å². The third-order valence-electron chi connectivity index (χ3n) is 2.79. The fourth-order valence-corrected chi connectivity index (χ4v) is 1.82. The Kier molecular flexibility index (Phi) is 4.39. The Bertz CT molecular complexity index is 660. The summed E-state index contributed by atoms with van der Waals surface area (Å²) in [5.41, 5.74) is 0.595. The van der Waals surface area contributed by atoms with Gasteiger partial charge in [-0.1, -0.05) is 6.07 Å². The van der Waals surface area contributed by atoms with Crippen LogP contribution in [-0.4, -0.2) is 28.1 Å². The van der Waals surface area contributed by atoms with Crippen molar-refractivity contribution in [1.82, 2.24) is 15.5 Å². The normalized spacial score (nSPS) is 9.95. The van der Waals surface area contributed by atoms with E-state index >= 15 is 0 Å². The smallest absolute Gasteiger partial charge is 0.305 e. The second-order valence-electron chi connectivity index (χ2n) is 4.11. The van der Waals surface area contributed by atoms with Gasteiger partial charge in [0.25, 0.3) is 5.91 Å². The summed E-state index contributed by atoms with van der Waals surface area (Å²) >= 11 is 0. The molecule has 1 amide bonds. The SMILES string of the molecule is CNc1cccc(C(=O)NCc2cccnn2)c1[N+](=O)[O-]. The van der Waals surface area contributed by atoms with Gasteiger partial charge < -0.3 is 10.6 Å². The maximum absolute atomic E-state index is 12.1. The molecule has 0 radical (unpaired) electrons. The minimum absolute atomic E-state index is 0.00394. The molecule has 1 aromatic heterocycles. The maximum Gasteiger partial charge on any atom is 0.305 e. The first-order valence-corrected chi connectivity index (χ1v) is 6.13. The lowest BCUT2D eigenvalue weighted by molar-refractivity contribution is -0.384. The van der Waals surface area contributed by atoms with Crippen LogP contribution in [0.3, 0.4) is 0 Å². The topological polar surface area (TPSA) is 110 Å². The lowest BCUT2D eigenvalue weighted by Gasteiger charge is -2.08. The van der Waals surface area contributed by atoms with Gasteiger partial charge in [-0.15, -0.1) is 0 Å². The molecule has 2 N–H and O–H groups in total. The van der Waals surface area contributed by atoms with Gasteiger partial charge in [0.2, 0.25) is 0 Å². The largest absolute Gasteiger partial charge is 0.383 e. The van der Waals surface area contributed by atoms with Crippen molar-refractivity contribution in [1.29, 1.82) is 0 Å². The highest BCUT2D eigenvalue weighted by molar-refractivity contribution is 6.00. The summed E-state index contributed by atoms with van der Waals surface area (Å²) in [6.45, 7) is 0.146. The van der Waals surface area contributed by atoms with Crippen LogP contribution >= 0.6 is 0 Å². The molecule has 0 saturated carbocycles. The minimum atomic E-state index is -0.580. The minimum Gasteiger partial charge on any atom is -0.383 e.